The van der Waals surface area contributed by atoms with Crippen molar-refractivity contribution >= 4 is 0 Å². The Bertz CT molecular complexity index is 455. The predicted octanol–water partition coefficient (Wildman–Crippen LogP) is 4.35. The molecule has 1 aliphatic heterocycles. The summed E-state index contributed by atoms with van der Waals surface area (Å²) in [7, 11) is 0. The molecule has 2 unspecified atom stereocenters. The van der Waals surface area contributed by atoms with Crippen LogP contribution in [0.15, 0.2) is 30.3 Å². The molecule has 0 aliphatic carbocycles. The van der Waals surface area contributed by atoms with E-state index in [-0.39, 0.29) is 18.2 Å². The molecule has 4 heteroatoms. The van der Waals surface area contributed by atoms with Gasteiger partial charge in [0.2, 0.25) is 0 Å². The monoisotopic (exact) mass is 320 g/mol. The van der Waals surface area contributed by atoms with E-state index in [1.165, 1.54) is 5.06 Å². The van der Waals surface area contributed by atoms with Crippen molar-refractivity contribution in [1.82, 2.24) is 5.06 Å². The number of rotatable bonds is 7. The summed E-state index contributed by atoms with van der Waals surface area (Å²) in [5.74, 6) is 0.222. The highest BCUT2D eigenvalue weighted by atomic mass is 16.7. The van der Waals surface area contributed by atoms with E-state index in [4.69, 9.17) is 9.47 Å². The Kier molecular flexibility index (Phi) is 6.60. The summed E-state index contributed by atoms with van der Waals surface area (Å²) >= 11 is 0. The lowest BCUT2D eigenvalue weighted by Crippen LogP contribution is -2.48. The van der Waals surface area contributed by atoms with Crippen LogP contribution in [0.1, 0.15) is 58.6 Å². The van der Waals surface area contributed by atoms with Crippen molar-refractivity contribution in [1.29, 1.82) is 0 Å². The summed E-state index contributed by atoms with van der Waals surface area (Å²) in [5, 5.41) is 14.3. The molecule has 1 heterocycles. The average Bonchev–Trinajstić information content (AvgIpc) is 2.55. The number of nitrogens with zero attached hydrogens (tertiary/aromatic N) is 1. The van der Waals surface area contributed by atoms with E-state index in [1.54, 1.807) is 0 Å². The van der Waals surface area contributed by atoms with Gasteiger partial charge in [-0.15, -0.1) is 10.3 Å². The lowest BCUT2D eigenvalue weighted by molar-refractivity contribution is -0.278. The minimum absolute atomic E-state index is 0.161. The molecule has 1 saturated heterocycles. The highest BCUT2D eigenvalue weighted by Crippen LogP contribution is 2.33. The summed E-state index contributed by atoms with van der Waals surface area (Å²) < 4.78 is 11.5. The maximum atomic E-state index is 13.1. The lowest BCUT2D eigenvalue weighted by atomic mass is 9.92. The van der Waals surface area contributed by atoms with Crippen LogP contribution in [0.5, 0.6) is 0 Å². The quantitative estimate of drug-likeness (QED) is 0.701. The molecular formula is C19H30NO3. The normalized spacial score (nSPS) is 20.9. The Balaban J connectivity index is 2.03. The average molecular weight is 320 g/mol. The minimum Gasteiger partial charge on any atom is -0.353 e. The summed E-state index contributed by atoms with van der Waals surface area (Å²) in [4.78, 5) is 0. The maximum Gasteiger partial charge on any atom is 0.157 e. The van der Waals surface area contributed by atoms with Crippen molar-refractivity contribution in [3.05, 3.63) is 35.9 Å². The van der Waals surface area contributed by atoms with Crippen molar-refractivity contribution < 1.29 is 14.7 Å². The van der Waals surface area contributed by atoms with Gasteiger partial charge >= 0.3 is 0 Å². The zero-order valence-electron chi connectivity index (χ0n) is 14.8. The molecule has 2 rings (SSSR count). The Morgan fingerprint density at radius 3 is 2.52 bits per heavy atom. The molecule has 2 atom stereocenters. The Morgan fingerprint density at radius 2 is 1.96 bits per heavy atom. The maximum absolute atomic E-state index is 13.1. The molecule has 0 bridgehead atoms. The van der Waals surface area contributed by atoms with Crippen molar-refractivity contribution in [3.8, 4) is 0 Å². The minimum atomic E-state index is -0.606. The second-order valence-corrected chi connectivity index (χ2v) is 7.34. The third-order valence-corrected chi connectivity index (χ3v) is 4.38. The Labute approximate surface area is 140 Å². The zero-order chi connectivity index (χ0) is 16.9. The number of hydroxylamine groups is 2. The van der Waals surface area contributed by atoms with Crippen molar-refractivity contribution in [2.24, 2.45) is 5.92 Å². The summed E-state index contributed by atoms with van der Waals surface area (Å²) in [6.45, 7) is 9.19. The molecule has 0 amide bonds. The van der Waals surface area contributed by atoms with Crippen LogP contribution in [0.4, 0.5) is 0 Å². The molecule has 23 heavy (non-hydrogen) atoms. The van der Waals surface area contributed by atoms with Gasteiger partial charge in [0.05, 0.1) is 18.2 Å². The number of hydrogen-bond acceptors (Lipinski definition) is 3. The zero-order valence-corrected chi connectivity index (χ0v) is 14.8. The van der Waals surface area contributed by atoms with Gasteiger partial charge in [-0.25, -0.2) is 0 Å². The van der Waals surface area contributed by atoms with Crippen LogP contribution in [0, 0.1) is 5.92 Å². The first-order valence-electron chi connectivity index (χ1n) is 8.66. The third kappa shape index (κ3) is 5.01. The van der Waals surface area contributed by atoms with E-state index in [2.05, 4.69) is 13.8 Å². The number of hydrogen-bond donors (Lipinski definition) is 0. The molecule has 0 spiro atoms. The van der Waals surface area contributed by atoms with Crippen LogP contribution in [0.3, 0.4) is 0 Å². The van der Waals surface area contributed by atoms with Gasteiger partial charge in [0.25, 0.3) is 0 Å². The molecule has 1 fully saturated rings. The molecule has 0 saturated carbocycles. The lowest BCUT2D eigenvalue weighted by Gasteiger charge is -2.39. The van der Waals surface area contributed by atoms with E-state index in [1.807, 2.05) is 44.2 Å². The summed E-state index contributed by atoms with van der Waals surface area (Å²) in [5.41, 5.74) is 0.450. The molecule has 4 nitrogen and oxygen atoms in total. The van der Waals surface area contributed by atoms with Crippen LogP contribution in [-0.4, -0.2) is 30.1 Å². The van der Waals surface area contributed by atoms with Crippen LogP contribution in [0.2, 0.25) is 0 Å². The fourth-order valence-corrected chi connectivity index (χ4v) is 3.02. The Hall–Kier alpha value is -0.940. The Morgan fingerprint density at radius 1 is 1.26 bits per heavy atom. The van der Waals surface area contributed by atoms with E-state index in [0.29, 0.717) is 6.61 Å². The molecule has 129 valence electrons. The molecule has 1 aromatic rings. The first-order chi connectivity index (χ1) is 10.9. The van der Waals surface area contributed by atoms with Crippen molar-refractivity contribution in [2.75, 3.05) is 13.2 Å². The van der Waals surface area contributed by atoms with Gasteiger partial charge in [0.15, 0.2) is 6.29 Å². The second kappa shape index (κ2) is 8.25. The van der Waals surface area contributed by atoms with Crippen LogP contribution in [0.25, 0.3) is 0 Å². The molecule has 1 radical (unpaired) electrons. The van der Waals surface area contributed by atoms with Gasteiger partial charge in [-0.05, 0) is 44.6 Å². The molecule has 0 N–H and O–H groups in total. The number of ether oxygens (including phenoxy) is 2. The van der Waals surface area contributed by atoms with Gasteiger partial charge < -0.3 is 9.47 Å². The van der Waals surface area contributed by atoms with Gasteiger partial charge in [0, 0.05) is 6.61 Å². The van der Waals surface area contributed by atoms with Crippen LogP contribution < -0.4 is 0 Å². The van der Waals surface area contributed by atoms with Gasteiger partial charge in [-0.1, -0.05) is 44.2 Å². The van der Waals surface area contributed by atoms with E-state index in [9.17, 15) is 5.21 Å². The van der Waals surface area contributed by atoms with Crippen LogP contribution in [-0.2, 0) is 14.7 Å². The SMILES string of the molecule is CC(C)C(c1ccccc1)N([O])C(C)(C)COC1CCCCO1. The first kappa shape index (κ1) is 18.4. The van der Waals surface area contributed by atoms with Gasteiger partial charge in [0.1, 0.15) is 0 Å². The molecular weight excluding hydrogens is 290 g/mol. The molecule has 0 aromatic heterocycles. The van der Waals surface area contributed by atoms with Gasteiger partial charge in [-0.3, -0.25) is 0 Å². The summed E-state index contributed by atoms with van der Waals surface area (Å²) in [6, 6.07) is 9.82. The highest BCUT2D eigenvalue weighted by molar-refractivity contribution is 5.19. The third-order valence-electron chi connectivity index (χ3n) is 4.38. The predicted molar refractivity (Wildman–Crippen MR) is 90.2 cm³/mol. The molecule has 1 aliphatic rings. The fraction of sp³-hybridized carbons (Fsp3) is 0.684. The standard InChI is InChI=1S/C19H30NO3/c1-15(2)18(16-10-6-5-7-11-16)20(21)19(3,4)14-23-17-12-8-9-13-22-17/h5-7,10-11,15,17-18H,8-9,12-14H2,1-4H3. The number of benzene rings is 1. The van der Waals surface area contributed by atoms with Crippen molar-refractivity contribution in [3.63, 3.8) is 0 Å². The topological polar surface area (TPSA) is 41.6 Å². The van der Waals surface area contributed by atoms with E-state index < -0.39 is 5.54 Å². The molecule has 1 aromatic carbocycles. The van der Waals surface area contributed by atoms with E-state index in [0.717, 1.165) is 31.4 Å². The van der Waals surface area contributed by atoms with Crippen molar-refractivity contribution in [2.45, 2.75) is 64.8 Å². The second-order valence-electron chi connectivity index (χ2n) is 7.34. The first-order valence-corrected chi connectivity index (χ1v) is 8.66. The smallest absolute Gasteiger partial charge is 0.157 e. The van der Waals surface area contributed by atoms with Gasteiger partial charge in [-0.2, -0.15) is 0 Å². The van der Waals surface area contributed by atoms with E-state index >= 15 is 0 Å². The summed E-state index contributed by atoms with van der Waals surface area (Å²) in [6.07, 6.45) is 2.98. The fourth-order valence-electron chi connectivity index (χ4n) is 3.02. The highest BCUT2D eigenvalue weighted by Gasteiger charge is 2.36. The van der Waals surface area contributed by atoms with Crippen LogP contribution >= 0.6 is 0 Å². The largest absolute Gasteiger partial charge is 0.353 e.